The molecule has 1 aromatic heterocycles. The van der Waals surface area contributed by atoms with Gasteiger partial charge in [-0.25, -0.2) is 0 Å². The van der Waals surface area contributed by atoms with Gasteiger partial charge in [0, 0.05) is 11.8 Å². The van der Waals surface area contributed by atoms with Crippen LogP contribution in [0.25, 0.3) is 0 Å². The Morgan fingerprint density at radius 3 is 2.87 bits per heavy atom. The number of hydrogen-bond donors (Lipinski definition) is 2. The molecule has 0 aliphatic carbocycles. The van der Waals surface area contributed by atoms with Crippen LogP contribution in [-0.2, 0) is 6.61 Å². The van der Waals surface area contributed by atoms with Crippen LogP contribution in [-0.4, -0.2) is 10.1 Å². The van der Waals surface area contributed by atoms with Crippen molar-refractivity contribution in [2.24, 2.45) is 0 Å². The van der Waals surface area contributed by atoms with Crippen LogP contribution in [0.1, 0.15) is 5.89 Å². The van der Waals surface area contributed by atoms with Gasteiger partial charge in [0.15, 0.2) is 6.61 Å². The average molecular weight is 206 g/mol. The standard InChI is InChI=1S/C9H10N4O2/c10-6-2-1-3-7(4-6)14-5-8-12-9(11)13-15-8/h1-4H,5,10H2,(H2,11,13). The number of ether oxygens (including phenoxy) is 1. The molecule has 0 aliphatic heterocycles. The topological polar surface area (TPSA) is 100 Å². The molecule has 0 amide bonds. The zero-order valence-electron chi connectivity index (χ0n) is 7.88. The molecule has 0 atom stereocenters. The minimum atomic E-state index is 0.0983. The average Bonchev–Trinajstić information content (AvgIpc) is 2.62. The third-order valence-electron chi connectivity index (χ3n) is 1.70. The number of nitrogens with two attached hydrogens (primary N) is 2. The first-order chi connectivity index (χ1) is 7.24. The molecule has 1 aromatic carbocycles. The van der Waals surface area contributed by atoms with Crippen LogP contribution in [0.3, 0.4) is 0 Å². The first-order valence-corrected chi connectivity index (χ1v) is 4.30. The highest BCUT2D eigenvalue weighted by atomic mass is 16.5. The molecule has 6 nitrogen and oxygen atoms in total. The Hall–Kier alpha value is -2.24. The summed E-state index contributed by atoms with van der Waals surface area (Å²) in [5, 5.41) is 3.43. The SMILES string of the molecule is Nc1cccc(OCc2nc(N)no2)c1. The van der Waals surface area contributed by atoms with E-state index in [1.807, 2.05) is 0 Å². The van der Waals surface area contributed by atoms with Gasteiger partial charge >= 0.3 is 0 Å². The zero-order chi connectivity index (χ0) is 10.7. The fourth-order valence-electron chi connectivity index (χ4n) is 1.08. The van der Waals surface area contributed by atoms with Gasteiger partial charge in [-0.2, -0.15) is 4.98 Å². The Morgan fingerprint density at radius 1 is 1.33 bits per heavy atom. The van der Waals surface area contributed by atoms with E-state index < -0.39 is 0 Å². The first-order valence-electron chi connectivity index (χ1n) is 4.30. The van der Waals surface area contributed by atoms with E-state index in [0.29, 0.717) is 17.3 Å². The number of anilines is 2. The molecule has 78 valence electrons. The summed E-state index contributed by atoms with van der Waals surface area (Å²) in [4.78, 5) is 3.79. The van der Waals surface area contributed by atoms with E-state index in [0.717, 1.165) is 0 Å². The second-order valence-corrected chi connectivity index (χ2v) is 2.91. The summed E-state index contributed by atoms with van der Waals surface area (Å²) in [7, 11) is 0. The summed E-state index contributed by atoms with van der Waals surface area (Å²) in [6.45, 7) is 0.174. The van der Waals surface area contributed by atoms with Crippen molar-refractivity contribution in [3.63, 3.8) is 0 Å². The lowest BCUT2D eigenvalue weighted by Gasteiger charge is -2.02. The molecule has 0 saturated heterocycles. The third kappa shape index (κ3) is 2.37. The Kier molecular flexibility index (Phi) is 2.40. The highest BCUT2D eigenvalue weighted by Crippen LogP contribution is 2.15. The van der Waals surface area contributed by atoms with Gasteiger partial charge in [0.05, 0.1) is 0 Å². The first kappa shape index (κ1) is 9.32. The number of aromatic nitrogens is 2. The van der Waals surface area contributed by atoms with Crippen molar-refractivity contribution >= 4 is 11.6 Å². The van der Waals surface area contributed by atoms with E-state index in [1.165, 1.54) is 0 Å². The van der Waals surface area contributed by atoms with Gasteiger partial charge in [-0.1, -0.05) is 6.07 Å². The molecule has 2 rings (SSSR count). The maximum atomic E-state index is 5.58. The number of hydrogen-bond acceptors (Lipinski definition) is 6. The van der Waals surface area contributed by atoms with Gasteiger partial charge in [-0.3, -0.25) is 0 Å². The molecule has 15 heavy (non-hydrogen) atoms. The summed E-state index contributed by atoms with van der Waals surface area (Å²) in [6.07, 6.45) is 0. The lowest BCUT2D eigenvalue weighted by molar-refractivity contribution is 0.243. The van der Waals surface area contributed by atoms with Crippen LogP contribution >= 0.6 is 0 Å². The van der Waals surface area contributed by atoms with E-state index in [1.54, 1.807) is 24.3 Å². The van der Waals surface area contributed by atoms with Gasteiger partial charge in [-0.15, -0.1) is 0 Å². The highest BCUT2D eigenvalue weighted by molar-refractivity contribution is 5.43. The fraction of sp³-hybridized carbons (Fsp3) is 0.111. The molecule has 2 aromatic rings. The van der Waals surface area contributed by atoms with Gasteiger partial charge in [0.25, 0.3) is 11.8 Å². The van der Waals surface area contributed by atoms with Crippen LogP contribution in [0, 0.1) is 0 Å². The zero-order valence-corrected chi connectivity index (χ0v) is 7.88. The van der Waals surface area contributed by atoms with Crippen LogP contribution in [0.4, 0.5) is 11.6 Å². The molecule has 0 fully saturated rings. The number of nitrogens with zero attached hydrogens (tertiary/aromatic N) is 2. The molecular formula is C9H10N4O2. The van der Waals surface area contributed by atoms with Crippen LogP contribution in [0.15, 0.2) is 28.8 Å². The molecular weight excluding hydrogens is 196 g/mol. The van der Waals surface area contributed by atoms with E-state index in [2.05, 4.69) is 10.1 Å². The van der Waals surface area contributed by atoms with Crippen LogP contribution in [0.2, 0.25) is 0 Å². The predicted octanol–water partition coefficient (Wildman–Crippen LogP) is 0.813. The molecule has 0 radical (unpaired) electrons. The minimum absolute atomic E-state index is 0.0983. The number of rotatable bonds is 3. The smallest absolute Gasteiger partial charge is 0.266 e. The van der Waals surface area contributed by atoms with Crippen molar-refractivity contribution in [1.82, 2.24) is 10.1 Å². The molecule has 0 spiro atoms. The summed E-state index contributed by atoms with van der Waals surface area (Å²) >= 11 is 0. The lowest BCUT2D eigenvalue weighted by Crippen LogP contribution is -1.96. The maximum absolute atomic E-state index is 5.58. The molecule has 0 unspecified atom stereocenters. The van der Waals surface area contributed by atoms with Gasteiger partial charge < -0.3 is 20.7 Å². The Bertz CT molecular complexity index is 455. The number of benzene rings is 1. The lowest BCUT2D eigenvalue weighted by atomic mass is 10.3. The largest absolute Gasteiger partial charge is 0.484 e. The normalized spacial score (nSPS) is 10.1. The summed E-state index contributed by atoms with van der Waals surface area (Å²) in [5.41, 5.74) is 11.5. The second-order valence-electron chi connectivity index (χ2n) is 2.91. The number of nitrogen functional groups attached to an aromatic ring is 2. The summed E-state index contributed by atoms with van der Waals surface area (Å²) < 4.78 is 10.1. The summed E-state index contributed by atoms with van der Waals surface area (Å²) in [6, 6.07) is 7.07. The van der Waals surface area contributed by atoms with E-state index in [-0.39, 0.29) is 12.6 Å². The molecule has 0 bridgehead atoms. The van der Waals surface area contributed by atoms with Crippen LogP contribution in [0.5, 0.6) is 5.75 Å². The maximum Gasteiger partial charge on any atom is 0.266 e. The van der Waals surface area contributed by atoms with Crippen LogP contribution < -0.4 is 16.2 Å². The molecule has 6 heteroatoms. The quantitative estimate of drug-likeness (QED) is 0.721. The molecule has 1 heterocycles. The van der Waals surface area contributed by atoms with E-state index in [4.69, 9.17) is 20.7 Å². The van der Waals surface area contributed by atoms with Crippen molar-refractivity contribution in [3.05, 3.63) is 30.2 Å². The Balaban J connectivity index is 1.99. The van der Waals surface area contributed by atoms with Crippen molar-refractivity contribution in [2.45, 2.75) is 6.61 Å². The summed E-state index contributed by atoms with van der Waals surface area (Å²) in [5.74, 6) is 1.07. The second kappa shape index (κ2) is 3.87. The fourth-order valence-corrected chi connectivity index (χ4v) is 1.08. The van der Waals surface area contributed by atoms with Crippen molar-refractivity contribution in [1.29, 1.82) is 0 Å². The van der Waals surface area contributed by atoms with Gasteiger partial charge in [-0.05, 0) is 17.3 Å². The predicted molar refractivity (Wildman–Crippen MR) is 53.9 cm³/mol. The van der Waals surface area contributed by atoms with Crippen molar-refractivity contribution < 1.29 is 9.26 Å². The Labute approximate surface area is 85.8 Å². The van der Waals surface area contributed by atoms with Gasteiger partial charge in [0.1, 0.15) is 5.75 Å². The highest BCUT2D eigenvalue weighted by Gasteiger charge is 2.03. The van der Waals surface area contributed by atoms with E-state index in [9.17, 15) is 0 Å². The van der Waals surface area contributed by atoms with Crippen molar-refractivity contribution in [2.75, 3.05) is 11.5 Å². The molecule has 0 saturated carbocycles. The van der Waals surface area contributed by atoms with Gasteiger partial charge in [0.2, 0.25) is 0 Å². The van der Waals surface area contributed by atoms with E-state index >= 15 is 0 Å². The minimum Gasteiger partial charge on any atom is -0.484 e. The molecule has 0 aliphatic rings. The molecule has 4 N–H and O–H groups in total. The third-order valence-corrected chi connectivity index (χ3v) is 1.70. The monoisotopic (exact) mass is 206 g/mol. The van der Waals surface area contributed by atoms with Crippen molar-refractivity contribution in [3.8, 4) is 5.75 Å². The Morgan fingerprint density at radius 2 is 2.20 bits per heavy atom.